The van der Waals surface area contributed by atoms with E-state index in [4.69, 9.17) is 9.52 Å². The first-order valence-corrected chi connectivity index (χ1v) is 5.53. The van der Waals surface area contributed by atoms with Gasteiger partial charge in [-0.2, -0.15) is 0 Å². The average Bonchev–Trinajstić information content (AvgIpc) is 2.56. The number of carbonyl (C=O) groups excluding carboxylic acids is 1. The number of nitrogens with one attached hydrogen (secondary N) is 2. The summed E-state index contributed by atoms with van der Waals surface area (Å²) in [4.78, 5) is 25.8. The molecule has 7 nitrogen and oxygen atoms in total. The van der Waals surface area contributed by atoms with Crippen LogP contribution in [0.4, 0.5) is 0 Å². The topological polar surface area (TPSA) is 104 Å². The number of carboxylic acid groups (broad SMARTS) is 1. The van der Waals surface area contributed by atoms with E-state index < -0.39 is 12.0 Å². The Labute approximate surface area is 105 Å². The van der Waals surface area contributed by atoms with Gasteiger partial charge in [-0.05, 0) is 13.8 Å². The van der Waals surface area contributed by atoms with Crippen molar-refractivity contribution in [3.8, 4) is 0 Å². The summed E-state index contributed by atoms with van der Waals surface area (Å²) in [7, 11) is 0. The molecule has 7 heteroatoms. The summed E-state index contributed by atoms with van der Waals surface area (Å²) >= 11 is 0. The van der Waals surface area contributed by atoms with Crippen LogP contribution in [-0.4, -0.2) is 34.6 Å². The van der Waals surface area contributed by atoms with Crippen molar-refractivity contribution in [2.45, 2.75) is 33.4 Å². The molecule has 0 radical (unpaired) electrons. The maximum absolute atomic E-state index is 10.8. The van der Waals surface area contributed by atoms with Crippen molar-refractivity contribution in [2.24, 2.45) is 0 Å². The zero-order chi connectivity index (χ0) is 13.7. The largest absolute Gasteiger partial charge is 0.480 e. The van der Waals surface area contributed by atoms with Gasteiger partial charge in [-0.15, -0.1) is 0 Å². The minimum atomic E-state index is -1.09. The van der Waals surface area contributed by atoms with Gasteiger partial charge in [-0.25, -0.2) is 9.78 Å². The number of hydrogen-bond donors (Lipinski definition) is 3. The smallest absolute Gasteiger partial charge is 0.327 e. The third kappa shape index (κ3) is 4.17. The molecule has 1 atom stereocenters. The number of hydrogen-bond acceptors (Lipinski definition) is 5. The minimum Gasteiger partial charge on any atom is -0.480 e. The molecule has 18 heavy (non-hydrogen) atoms. The fraction of sp³-hybridized carbons (Fsp3) is 0.545. The molecule has 1 aromatic heterocycles. The van der Waals surface area contributed by atoms with Crippen LogP contribution >= 0.6 is 0 Å². The summed E-state index contributed by atoms with van der Waals surface area (Å²) < 4.78 is 5.33. The predicted molar refractivity (Wildman–Crippen MR) is 62.9 cm³/mol. The summed E-state index contributed by atoms with van der Waals surface area (Å²) in [5.41, 5.74) is 0.809. The lowest BCUT2D eigenvalue weighted by Gasteiger charge is -2.13. The van der Waals surface area contributed by atoms with Gasteiger partial charge in [0, 0.05) is 13.5 Å². The molecule has 1 heterocycles. The van der Waals surface area contributed by atoms with Gasteiger partial charge < -0.3 is 20.2 Å². The molecule has 3 N–H and O–H groups in total. The van der Waals surface area contributed by atoms with Gasteiger partial charge in [-0.3, -0.25) is 4.79 Å². The van der Waals surface area contributed by atoms with Crippen LogP contribution in [-0.2, 0) is 16.1 Å². The molecule has 100 valence electrons. The lowest BCUT2D eigenvalue weighted by molar-refractivity contribution is -0.141. The Morgan fingerprint density at radius 2 is 2.11 bits per heavy atom. The van der Waals surface area contributed by atoms with Crippen LogP contribution in [0.15, 0.2) is 4.42 Å². The Morgan fingerprint density at radius 3 is 2.56 bits per heavy atom. The summed E-state index contributed by atoms with van der Waals surface area (Å²) in [6.45, 7) is 5.34. The van der Waals surface area contributed by atoms with Crippen LogP contribution in [0.2, 0.25) is 0 Å². The van der Waals surface area contributed by atoms with Gasteiger partial charge in [0.2, 0.25) is 11.8 Å². The van der Waals surface area contributed by atoms with Crippen molar-refractivity contribution in [3.05, 3.63) is 17.3 Å². The third-order valence-corrected chi connectivity index (χ3v) is 2.37. The normalized spacial score (nSPS) is 12.2. The average molecular weight is 255 g/mol. The Morgan fingerprint density at radius 1 is 1.44 bits per heavy atom. The van der Waals surface area contributed by atoms with Crippen molar-refractivity contribution in [1.29, 1.82) is 0 Å². The molecule has 1 aromatic rings. The molecule has 0 saturated carbocycles. The summed E-state index contributed by atoms with van der Waals surface area (Å²) in [5.74, 6) is -0.232. The lowest BCUT2D eigenvalue weighted by Crippen LogP contribution is -2.46. The summed E-state index contributed by atoms with van der Waals surface area (Å²) in [6, 6.07) is -0.959. The first-order chi connectivity index (χ1) is 8.40. The number of carbonyl (C=O) groups is 2. The number of aryl methyl sites for hydroxylation is 2. The predicted octanol–water partition coefficient (Wildman–Crippen LogP) is -0.0297. The highest BCUT2D eigenvalue weighted by molar-refractivity contribution is 5.82. The van der Waals surface area contributed by atoms with E-state index in [0.29, 0.717) is 12.4 Å². The maximum atomic E-state index is 10.8. The van der Waals surface area contributed by atoms with Crippen LogP contribution in [0.3, 0.4) is 0 Å². The van der Waals surface area contributed by atoms with Crippen LogP contribution < -0.4 is 10.6 Å². The molecular formula is C11H17N3O4. The lowest BCUT2D eigenvalue weighted by atomic mass is 10.3. The molecule has 0 fully saturated rings. The molecule has 0 spiro atoms. The monoisotopic (exact) mass is 255 g/mol. The van der Waals surface area contributed by atoms with Crippen molar-refractivity contribution < 1.29 is 19.1 Å². The van der Waals surface area contributed by atoms with Crippen LogP contribution in [0.5, 0.6) is 0 Å². The van der Waals surface area contributed by atoms with Crippen LogP contribution in [0, 0.1) is 13.8 Å². The molecule has 1 amide bonds. The second kappa shape index (κ2) is 6.15. The Bertz CT molecular complexity index is 422. The van der Waals surface area contributed by atoms with E-state index in [-0.39, 0.29) is 12.5 Å². The highest BCUT2D eigenvalue weighted by Crippen LogP contribution is 2.07. The molecule has 0 aliphatic rings. The number of nitrogens with zero attached hydrogens (tertiary/aromatic N) is 1. The van der Waals surface area contributed by atoms with E-state index in [9.17, 15) is 9.59 Å². The van der Waals surface area contributed by atoms with Gasteiger partial charge in [-0.1, -0.05) is 0 Å². The van der Waals surface area contributed by atoms with E-state index in [1.807, 2.05) is 13.8 Å². The van der Waals surface area contributed by atoms with Crippen molar-refractivity contribution >= 4 is 11.9 Å². The number of aliphatic carboxylic acids is 1. The molecule has 0 aliphatic heterocycles. The molecule has 0 aliphatic carbocycles. The fourth-order valence-corrected chi connectivity index (χ4v) is 1.38. The maximum Gasteiger partial charge on any atom is 0.327 e. The Balaban J connectivity index is 2.43. The second-order valence-electron chi connectivity index (χ2n) is 3.97. The number of amides is 1. The Kier molecular flexibility index (Phi) is 4.85. The summed E-state index contributed by atoms with van der Waals surface area (Å²) in [5, 5.41) is 14.1. The molecule has 1 rings (SSSR count). The van der Waals surface area contributed by atoms with Crippen LogP contribution in [0.25, 0.3) is 0 Å². The zero-order valence-corrected chi connectivity index (χ0v) is 10.6. The van der Waals surface area contributed by atoms with E-state index in [1.165, 1.54) is 6.92 Å². The summed E-state index contributed by atoms with van der Waals surface area (Å²) in [6.07, 6.45) is 0. The van der Waals surface area contributed by atoms with E-state index in [1.54, 1.807) is 0 Å². The molecule has 0 saturated heterocycles. The number of oxazole rings is 1. The SMILES string of the molecule is CC(=O)NC(CNCc1nc(C)c(C)o1)C(=O)O. The van der Waals surface area contributed by atoms with E-state index >= 15 is 0 Å². The van der Waals surface area contributed by atoms with Crippen molar-refractivity contribution in [2.75, 3.05) is 6.54 Å². The molecule has 1 unspecified atom stereocenters. The molecule has 0 bridgehead atoms. The molecular weight excluding hydrogens is 238 g/mol. The van der Waals surface area contributed by atoms with Gasteiger partial charge in [0.15, 0.2) is 0 Å². The zero-order valence-electron chi connectivity index (χ0n) is 10.6. The third-order valence-electron chi connectivity index (χ3n) is 2.37. The first-order valence-electron chi connectivity index (χ1n) is 5.53. The van der Waals surface area contributed by atoms with Crippen molar-refractivity contribution in [1.82, 2.24) is 15.6 Å². The standard InChI is InChI=1S/C11H17N3O4/c1-6-7(2)18-10(13-6)5-12-4-9(11(16)17)14-8(3)15/h9,12H,4-5H2,1-3H3,(H,14,15)(H,16,17). The highest BCUT2D eigenvalue weighted by atomic mass is 16.4. The number of carboxylic acids is 1. The van der Waals surface area contributed by atoms with Gasteiger partial charge in [0.1, 0.15) is 11.8 Å². The Hall–Kier alpha value is -1.89. The van der Waals surface area contributed by atoms with Gasteiger partial charge in [0.25, 0.3) is 0 Å². The van der Waals surface area contributed by atoms with Crippen LogP contribution in [0.1, 0.15) is 24.3 Å². The van der Waals surface area contributed by atoms with E-state index in [2.05, 4.69) is 15.6 Å². The fourth-order valence-electron chi connectivity index (χ4n) is 1.38. The first kappa shape index (κ1) is 14.2. The highest BCUT2D eigenvalue weighted by Gasteiger charge is 2.17. The molecule has 0 aromatic carbocycles. The van der Waals surface area contributed by atoms with Gasteiger partial charge >= 0.3 is 5.97 Å². The minimum absolute atomic E-state index is 0.107. The second-order valence-corrected chi connectivity index (χ2v) is 3.97. The van der Waals surface area contributed by atoms with Gasteiger partial charge in [0.05, 0.1) is 12.2 Å². The number of aromatic nitrogens is 1. The number of rotatable bonds is 6. The quantitative estimate of drug-likeness (QED) is 0.659. The van der Waals surface area contributed by atoms with E-state index in [0.717, 1.165) is 11.5 Å². The van der Waals surface area contributed by atoms with Crippen molar-refractivity contribution in [3.63, 3.8) is 0 Å².